The SMILES string of the molecule is CCOc1cc(NCc2sccc2Br)c(N)cc1F. The number of halogens is 2. The van der Waals surface area contributed by atoms with Gasteiger partial charge in [-0.15, -0.1) is 11.3 Å². The maximum atomic E-state index is 13.6. The Morgan fingerprint density at radius 1 is 1.47 bits per heavy atom. The Bertz CT molecular complexity index is 574. The Morgan fingerprint density at radius 2 is 2.26 bits per heavy atom. The molecule has 0 bridgehead atoms. The molecule has 1 heterocycles. The molecule has 0 saturated heterocycles. The Hall–Kier alpha value is -1.27. The van der Waals surface area contributed by atoms with Crippen LogP contribution in [0.2, 0.25) is 0 Å². The number of nitrogens with one attached hydrogen (secondary N) is 1. The summed E-state index contributed by atoms with van der Waals surface area (Å²) in [5.41, 5.74) is 6.84. The van der Waals surface area contributed by atoms with Crippen molar-refractivity contribution in [3.63, 3.8) is 0 Å². The standard InChI is InChI=1S/C13H14BrFN2OS/c1-2-18-12-6-11(10(16)5-9(12)15)17-7-13-8(14)3-4-19-13/h3-6,17H,2,7,16H2,1H3. The monoisotopic (exact) mass is 344 g/mol. The number of thiophene rings is 1. The van der Waals surface area contributed by atoms with Gasteiger partial charge < -0.3 is 15.8 Å². The van der Waals surface area contributed by atoms with Gasteiger partial charge in [0.15, 0.2) is 11.6 Å². The van der Waals surface area contributed by atoms with Gasteiger partial charge in [0, 0.05) is 21.5 Å². The molecule has 1 aromatic carbocycles. The van der Waals surface area contributed by atoms with E-state index in [1.54, 1.807) is 17.4 Å². The molecule has 0 amide bonds. The van der Waals surface area contributed by atoms with E-state index in [-0.39, 0.29) is 5.75 Å². The van der Waals surface area contributed by atoms with Crippen molar-refractivity contribution in [2.24, 2.45) is 0 Å². The highest BCUT2D eigenvalue weighted by molar-refractivity contribution is 9.10. The van der Waals surface area contributed by atoms with E-state index in [4.69, 9.17) is 10.5 Å². The molecule has 0 aliphatic heterocycles. The van der Waals surface area contributed by atoms with Gasteiger partial charge in [-0.3, -0.25) is 0 Å². The van der Waals surface area contributed by atoms with Crippen LogP contribution in [0, 0.1) is 5.82 Å². The predicted octanol–water partition coefficient (Wildman–Crippen LogP) is 4.24. The molecular weight excluding hydrogens is 331 g/mol. The molecule has 0 atom stereocenters. The van der Waals surface area contributed by atoms with E-state index in [0.29, 0.717) is 24.5 Å². The molecule has 1 aromatic heterocycles. The molecule has 0 radical (unpaired) electrons. The quantitative estimate of drug-likeness (QED) is 0.797. The van der Waals surface area contributed by atoms with Crippen LogP contribution in [0.1, 0.15) is 11.8 Å². The average molecular weight is 345 g/mol. The average Bonchev–Trinajstić information content (AvgIpc) is 2.77. The number of rotatable bonds is 5. The predicted molar refractivity (Wildman–Crippen MR) is 81.3 cm³/mol. The first kappa shape index (κ1) is 14.1. The van der Waals surface area contributed by atoms with Crippen LogP contribution in [0.5, 0.6) is 5.75 Å². The van der Waals surface area contributed by atoms with Crippen LogP contribution in [0.3, 0.4) is 0 Å². The summed E-state index contributed by atoms with van der Waals surface area (Å²) in [5.74, 6) is -0.230. The van der Waals surface area contributed by atoms with Gasteiger partial charge in [0.1, 0.15) is 0 Å². The minimum atomic E-state index is -0.442. The Kier molecular flexibility index (Phi) is 4.66. The number of hydrogen-bond donors (Lipinski definition) is 2. The van der Waals surface area contributed by atoms with E-state index in [9.17, 15) is 4.39 Å². The first-order valence-corrected chi connectivity index (χ1v) is 7.46. The molecule has 3 N–H and O–H groups in total. The maximum absolute atomic E-state index is 13.6. The molecule has 0 spiro atoms. The zero-order chi connectivity index (χ0) is 13.8. The lowest BCUT2D eigenvalue weighted by Gasteiger charge is -2.12. The fourth-order valence-electron chi connectivity index (χ4n) is 1.61. The topological polar surface area (TPSA) is 47.3 Å². The van der Waals surface area contributed by atoms with Crippen LogP contribution >= 0.6 is 27.3 Å². The molecule has 0 aliphatic carbocycles. The molecule has 0 aliphatic rings. The summed E-state index contributed by atoms with van der Waals surface area (Å²) in [6, 6.07) is 4.85. The number of nitrogens with two attached hydrogens (primary N) is 1. The lowest BCUT2D eigenvalue weighted by Crippen LogP contribution is -2.04. The van der Waals surface area contributed by atoms with Gasteiger partial charge in [-0.05, 0) is 34.3 Å². The highest BCUT2D eigenvalue weighted by atomic mass is 79.9. The maximum Gasteiger partial charge on any atom is 0.167 e. The third kappa shape index (κ3) is 3.39. The van der Waals surface area contributed by atoms with Gasteiger partial charge in [0.2, 0.25) is 0 Å². The minimum absolute atomic E-state index is 0.212. The highest BCUT2D eigenvalue weighted by Gasteiger charge is 2.09. The van der Waals surface area contributed by atoms with Crippen molar-refractivity contribution >= 4 is 38.6 Å². The zero-order valence-corrected chi connectivity index (χ0v) is 12.8. The van der Waals surface area contributed by atoms with Crippen LogP contribution in [0.4, 0.5) is 15.8 Å². The number of nitrogen functional groups attached to an aromatic ring is 1. The largest absolute Gasteiger partial charge is 0.491 e. The van der Waals surface area contributed by atoms with Crippen molar-refractivity contribution in [3.8, 4) is 5.75 Å². The van der Waals surface area contributed by atoms with E-state index in [1.807, 2.05) is 18.4 Å². The smallest absolute Gasteiger partial charge is 0.167 e. The van der Waals surface area contributed by atoms with Crippen molar-refractivity contribution in [1.29, 1.82) is 0 Å². The second-order valence-corrected chi connectivity index (χ2v) is 5.70. The van der Waals surface area contributed by atoms with Gasteiger partial charge in [0.05, 0.1) is 24.5 Å². The summed E-state index contributed by atoms with van der Waals surface area (Å²) >= 11 is 5.10. The minimum Gasteiger partial charge on any atom is -0.491 e. The van der Waals surface area contributed by atoms with Gasteiger partial charge >= 0.3 is 0 Å². The fraction of sp³-hybridized carbons (Fsp3) is 0.231. The lowest BCUT2D eigenvalue weighted by molar-refractivity contribution is 0.322. The highest BCUT2D eigenvalue weighted by Crippen LogP contribution is 2.30. The molecule has 102 valence electrons. The molecule has 19 heavy (non-hydrogen) atoms. The number of ether oxygens (including phenoxy) is 1. The molecule has 2 rings (SSSR count). The van der Waals surface area contributed by atoms with Crippen molar-refractivity contribution < 1.29 is 9.13 Å². The second-order valence-electron chi connectivity index (χ2n) is 3.85. The molecule has 0 fully saturated rings. The third-order valence-electron chi connectivity index (χ3n) is 2.53. The summed E-state index contributed by atoms with van der Waals surface area (Å²) in [6.45, 7) is 2.85. The van der Waals surface area contributed by atoms with E-state index in [2.05, 4.69) is 21.2 Å². The second kappa shape index (κ2) is 6.25. The van der Waals surface area contributed by atoms with Crippen molar-refractivity contribution in [2.45, 2.75) is 13.5 Å². The van der Waals surface area contributed by atoms with Crippen LogP contribution in [-0.2, 0) is 6.54 Å². The van der Waals surface area contributed by atoms with Gasteiger partial charge in [-0.25, -0.2) is 4.39 Å². The van der Waals surface area contributed by atoms with Crippen molar-refractivity contribution in [1.82, 2.24) is 0 Å². The van der Waals surface area contributed by atoms with Crippen LogP contribution in [0.15, 0.2) is 28.1 Å². The summed E-state index contributed by atoms with van der Waals surface area (Å²) in [6.07, 6.45) is 0. The summed E-state index contributed by atoms with van der Waals surface area (Å²) in [7, 11) is 0. The Labute approximate surface area is 123 Å². The van der Waals surface area contributed by atoms with Gasteiger partial charge in [-0.2, -0.15) is 0 Å². The number of benzene rings is 1. The lowest BCUT2D eigenvalue weighted by atomic mass is 10.2. The molecule has 3 nitrogen and oxygen atoms in total. The Balaban J connectivity index is 2.15. The van der Waals surface area contributed by atoms with Crippen LogP contribution in [0.25, 0.3) is 0 Å². The summed E-state index contributed by atoms with van der Waals surface area (Å²) in [4.78, 5) is 1.15. The van der Waals surface area contributed by atoms with Crippen molar-refractivity contribution in [2.75, 3.05) is 17.7 Å². The molecule has 2 aromatic rings. The summed E-state index contributed by atoms with van der Waals surface area (Å²) < 4.78 is 19.8. The van der Waals surface area contributed by atoms with Gasteiger partial charge in [0.25, 0.3) is 0 Å². The molecule has 0 saturated carbocycles. The molecular formula is C13H14BrFN2OS. The first-order valence-electron chi connectivity index (χ1n) is 5.79. The molecule has 6 heteroatoms. The third-order valence-corrected chi connectivity index (χ3v) is 4.46. The van der Waals surface area contributed by atoms with E-state index in [1.165, 1.54) is 6.07 Å². The number of anilines is 2. The molecule has 0 unspecified atom stereocenters. The summed E-state index contributed by atoms with van der Waals surface area (Å²) in [5, 5.41) is 5.19. The Morgan fingerprint density at radius 3 is 2.89 bits per heavy atom. The van der Waals surface area contributed by atoms with Crippen LogP contribution < -0.4 is 15.8 Å². The normalized spacial score (nSPS) is 10.5. The van der Waals surface area contributed by atoms with Gasteiger partial charge in [-0.1, -0.05) is 0 Å². The first-order chi connectivity index (χ1) is 9.11. The zero-order valence-electron chi connectivity index (χ0n) is 10.4. The fourth-order valence-corrected chi connectivity index (χ4v) is 3.05. The van der Waals surface area contributed by atoms with Crippen molar-refractivity contribution in [3.05, 3.63) is 38.7 Å². The van der Waals surface area contributed by atoms with Crippen LogP contribution in [-0.4, -0.2) is 6.61 Å². The van der Waals surface area contributed by atoms with E-state index >= 15 is 0 Å². The van der Waals surface area contributed by atoms with E-state index < -0.39 is 5.82 Å². The van der Waals surface area contributed by atoms with E-state index in [0.717, 1.165) is 9.35 Å². The number of hydrogen-bond acceptors (Lipinski definition) is 4.